The Bertz CT molecular complexity index is 1050. The predicted octanol–water partition coefficient (Wildman–Crippen LogP) is 2.57. The number of nitrogens with zero attached hydrogens (tertiary/aromatic N) is 3. The Hall–Kier alpha value is -3.94. The van der Waals surface area contributed by atoms with Crippen molar-refractivity contribution >= 4 is 29.4 Å². The molecule has 1 heterocycles. The third-order valence-corrected chi connectivity index (χ3v) is 4.49. The van der Waals surface area contributed by atoms with Gasteiger partial charge in [0.2, 0.25) is 0 Å². The number of rotatable bonds is 9. The lowest BCUT2D eigenvalue weighted by Crippen LogP contribution is -2.30. The molecule has 0 aromatic heterocycles. The Labute approximate surface area is 180 Å². The van der Waals surface area contributed by atoms with Crippen molar-refractivity contribution in [2.75, 3.05) is 31.7 Å². The summed E-state index contributed by atoms with van der Waals surface area (Å²) in [5, 5.41) is 10.9. The minimum atomic E-state index is -0.218. The van der Waals surface area contributed by atoms with Crippen molar-refractivity contribution in [1.29, 1.82) is 0 Å². The highest BCUT2D eigenvalue weighted by Crippen LogP contribution is 2.29. The van der Waals surface area contributed by atoms with Gasteiger partial charge in [-0.05, 0) is 36.8 Å². The van der Waals surface area contributed by atoms with E-state index in [4.69, 9.17) is 9.47 Å². The summed E-state index contributed by atoms with van der Waals surface area (Å²) in [6, 6.07) is 12.6. The standard InChI is InChI=1S/C23H24N4O4/c1-4-12-27-18-9-7-6-8-17(18)22(23(27)29)26-25-14-16-10-11-19(20(13-16)30-3)31-15-21(28)24-5-2/h4,6-11,13-14H,1,5,12,15H2,2-3H3,(H,24,28)/b25-14-,26-22-. The van der Waals surface area contributed by atoms with Crippen LogP contribution in [-0.4, -0.2) is 50.5 Å². The summed E-state index contributed by atoms with van der Waals surface area (Å²) in [4.78, 5) is 25.9. The van der Waals surface area contributed by atoms with Crippen molar-refractivity contribution in [2.24, 2.45) is 10.2 Å². The van der Waals surface area contributed by atoms with Crippen molar-refractivity contribution in [2.45, 2.75) is 6.92 Å². The second-order valence-corrected chi connectivity index (χ2v) is 6.57. The maximum Gasteiger partial charge on any atom is 0.279 e. The Morgan fingerprint density at radius 2 is 2.03 bits per heavy atom. The number of nitrogens with one attached hydrogen (secondary N) is 1. The average Bonchev–Trinajstić information content (AvgIpc) is 3.04. The number of hydrogen-bond donors (Lipinski definition) is 1. The molecule has 0 atom stereocenters. The number of fused-ring (bicyclic) bond motifs is 1. The second-order valence-electron chi connectivity index (χ2n) is 6.57. The maximum atomic E-state index is 12.7. The van der Waals surface area contributed by atoms with Crippen LogP contribution in [0.2, 0.25) is 0 Å². The van der Waals surface area contributed by atoms with Crippen LogP contribution in [0, 0.1) is 0 Å². The zero-order valence-electron chi connectivity index (χ0n) is 17.5. The van der Waals surface area contributed by atoms with Gasteiger partial charge in [0.05, 0.1) is 19.0 Å². The van der Waals surface area contributed by atoms with E-state index in [-0.39, 0.29) is 24.1 Å². The van der Waals surface area contributed by atoms with E-state index in [9.17, 15) is 9.59 Å². The number of anilines is 1. The number of hydrogen-bond acceptors (Lipinski definition) is 6. The number of methoxy groups -OCH3 is 1. The van der Waals surface area contributed by atoms with Crippen LogP contribution in [0.15, 0.2) is 65.3 Å². The topological polar surface area (TPSA) is 92.6 Å². The highest BCUT2D eigenvalue weighted by molar-refractivity contribution is 6.54. The van der Waals surface area contributed by atoms with Gasteiger partial charge in [0.1, 0.15) is 0 Å². The zero-order valence-corrected chi connectivity index (χ0v) is 17.5. The quantitative estimate of drug-likeness (QED) is 0.383. The molecule has 0 saturated heterocycles. The summed E-state index contributed by atoms with van der Waals surface area (Å²) in [6.07, 6.45) is 3.19. The SMILES string of the molecule is C=CCN1C(=O)/C(=N\N=C/c2ccc(OCC(=O)NCC)c(OC)c2)c2ccccc21. The summed E-state index contributed by atoms with van der Waals surface area (Å²) >= 11 is 0. The minimum Gasteiger partial charge on any atom is -0.493 e. The Morgan fingerprint density at radius 3 is 2.77 bits per heavy atom. The number of amides is 2. The van der Waals surface area contributed by atoms with Gasteiger partial charge >= 0.3 is 0 Å². The molecule has 2 aromatic carbocycles. The molecule has 0 bridgehead atoms. The molecule has 2 aromatic rings. The summed E-state index contributed by atoms with van der Waals surface area (Å²) in [7, 11) is 1.51. The van der Waals surface area contributed by atoms with Crippen molar-refractivity contribution in [3.05, 3.63) is 66.2 Å². The fourth-order valence-electron chi connectivity index (χ4n) is 3.10. The molecule has 0 radical (unpaired) electrons. The number of ether oxygens (including phenoxy) is 2. The second kappa shape index (κ2) is 10.2. The van der Waals surface area contributed by atoms with Crippen LogP contribution in [0.4, 0.5) is 5.69 Å². The molecule has 0 spiro atoms. The third-order valence-electron chi connectivity index (χ3n) is 4.49. The Kier molecular flexibility index (Phi) is 7.16. The van der Waals surface area contributed by atoms with Gasteiger partial charge in [-0.1, -0.05) is 24.3 Å². The normalized spacial score (nSPS) is 14.1. The summed E-state index contributed by atoms with van der Waals surface area (Å²) in [6.45, 7) is 6.37. The van der Waals surface area contributed by atoms with E-state index < -0.39 is 0 Å². The molecule has 0 unspecified atom stereocenters. The molecule has 1 aliphatic rings. The van der Waals surface area contributed by atoms with Gasteiger partial charge in [0, 0.05) is 18.7 Å². The number of benzene rings is 2. The van der Waals surface area contributed by atoms with Crippen LogP contribution in [0.1, 0.15) is 18.1 Å². The van der Waals surface area contributed by atoms with Crippen molar-refractivity contribution < 1.29 is 19.1 Å². The van der Waals surface area contributed by atoms with Gasteiger partial charge < -0.3 is 19.7 Å². The highest BCUT2D eigenvalue weighted by Gasteiger charge is 2.32. The first-order valence-electron chi connectivity index (χ1n) is 9.79. The number of para-hydroxylation sites is 1. The largest absolute Gasteiger partial charge is 0.493 e. The molecule has 160 valence electrons. The molecule has 31 heavy (non-hydrogen) atoms. The number of likely N-dealkylation sites (N-methyl/N-ethyl adjacent to an activating group) is 1. The molecule has 0 saturated carbocycles. The molecule has 0 fully saturated rings. The molecule has 0 aliphatic carbocycles. The van der Waals surface area contributed by atoms with E-state index in [2.05, 4.69) is 22.1 Å². The van der Waals surface area contributed by atoms with Crippen LogP contribution in [-0.2, 0) is 9.59 Å². The lowest BCUT2D eigenvalue weighted by Gasteiger charge is -2.13. The van der Waals surface area contributed by atoms with Crippen LogP contribution in [0.3, 0.4) is 0 Å². The molecule has 8 heteroatoms. The molecule has 8 nitrogen and oxygen atoms in total. The predicted molar refractivity (Wildman–Crippen MR) is 120 cm³/mol. The van der Waals surface area contributed by atoms with Crippen LogP contribution in [0.25, 0.3) is 0 Å². The van der Waals surface area contributed by atoms with Crippen LogP contribution < -0.4 is 19.7 Å². The van der Waals surface area contributed by atoms with Crippen molar-refractivity contribution in [3.63, 3.8) is 0 Å². The number of carbonyl (C=O) groups excluding carboxylic acids is 2. The third kappa shape index (κ3) is 4.98. The first-order valence-corrected chi connectivity index (χ1v) is 9.79. The minimum absolute atomic E-state index is 0.103. The van der Waals surface area contributed by atoms with Crippen molar-refractivity contribution in [3.8, 4) is 11.5 Å². The first kappa shape index (κ1) is 21.8. The summed E-state index contributed by atoms with van der Waals surface area (Å²) in [5.41, 5.74) is 2.51. The first-order chi connectivity index (χ1) is 15.1. The van der Waals surface area contributed by atoms with E-state index in [0.29, 0.717) is 30.2 Å². The van der Waals surface area contributed by atoms with E-state index in [1.165, 1.54) is 13.3 Å². The molecule has 3 rings (SSSR count). The molecule has 2 amide bonds. The maximum absolute atomic E-state index is 12.7. The Balaban J connectivity index is 1.77. The van der Waals surface area contributed by atoms with Crippen LogP contribution in [0.5, 0.6) is 11.5 Å². The monoisotopic (exact) mass is 420 g/mol. The molecule has 1 aliphatic heterocycles. The Morgan fingerprint density at radius 1 is 1.23 bits per heavy atom. The smallest absolute Gasteiger partial charge is 0.279 e. The van der Waals surface area contributed by atoms with Gasteiger partial charge in [-0.15, -0.1) is 11.7 Å². The number of carbonyl (C=O) groups is 2. The van der Waals surface area contributed by atoms with E-state index in [1.54, 1.807) is 29.2 Å². The van der Waals surface area contributed by atoms with E-state index >= 15 is 0 Å². The van der Waals surface area contributed by atoms with Gasteiger partial charge in [0.25, 0.3) is 11.8 Å². The fourth-order valence-corrected chi connectivity index (χ4v) is 3.10. The lowest BCUT2D eigenvalue weighted by molar-refractivity contribution is -0.123. The van der Waals surface area contributed by atoms with E-state index in [1.807, 2.05) is 31.2 Å². The summed E-state index contributed by atoms with van der Waals surface area (Å²) < 4.78 is 10.8. The van der Waals surface area contributed by atoms with E-state index in [0.717, 1.165) is 11.3 Å². The van der Waals surface area contributed by atoms with Gasteiger partial charge in [-0.3, -0.25) is 9.59 Å². The fraction of sp³-hybridized carbons (Fsp3) is 0.217. The van der Waals surface area contributed by atoms with Gasteiger partial charge in [0.15, 0.2) is 23.8 Å². The average molecular weight is 420 g/mol. The van der Waals surface area contributed by atoms with Crippen LogP contribution >= 0.6 is 0 Å². The van der Waals surface area contributed by atoms with Gasteiger partial charge in [-0.25, -0.2) is 0 Å². The molecular formula is C23H24N4O4. The summed E-state index contributed by atoms with van der Waals surface area (Å²) in [5.74, 6) is 0.473. The zero-order chi connectivity index (χ0) is 22.2. The molecule has 1 N–H and O–H groups in total. The van der Waals surface area contributed by atoms with Crippen molar-refractivity contribution in [1.82, 2.24) is 5.32 Å². The molecular weight excluding hydrogens is 396 g/mol. The van der Waals surface area contributed by atoms with Gasteiger partial charge in [-0.2, -0.15) is 5.10 Å². The lowest BCUT2D eigenvalue weighted by atomic mass is 10.1. The highest BCUT2D eigenvalue weighted by atomic mass is 16.5.